The maximum absolute atomic E-state index is 12.3. The number of amides is 1. The Balaban J connectivity index is 2.16. The number of benzene rings is 2. The van der Waals surface area contributed by atoms with Crippen molar-refractivity contribution in [1.29, 1.82) is 0 Å². The number of nitrogens with zero attached hydrogens (tertiary/aromatic N) is 1. The molecule has 2 rings (SSSR count). The molecule has 0 aliphatic carbocycles. The van der Waals surface area contributed by atoms with Crippen LogP contribution in [0.3, 0.4) is 0 Å². The molecule has 2 aromatic carbocycles. The molecule has 0 atom stereocenters. The summed E-state index contributed by atoms with van der Waals surface area (Å²) in [5, 5.41) is 1.17. The van der Waals surface area contributed by atoms with Gasteiger partial charge in [0.15, 0.2) is 0 Å². The first kappa shape index (κ1) is 19.2. The molecule has 1 amide bonds. The normalized spacial score (nSPS) is 11.0. The Morgan fingerprint density at radius 1 is 1.00 bits per heavy atom. The Bertz CT molecular complexity index is 786. The van der Waals surface area contributed by atoms with Gasteiger partial charge in [0.25, 0.3) is 5.91 Å². The van der Waals surface area contributed by atoms with Crippen molar-refractivity contribution in [2.45, 2.75) is 6.61 Å². The number of hydroxylamine groups is 2. The number of methoxy groups -OCH3 is 2. The van der Waals surface area contributed by atoms with Crippen LogP contribution in [0.5, 0.6) is 0 Å². The van der Waals surface area contributed by atoms with E-state index in [-0.39, 0.29) is 18.1 Å². The molecule has 6 nitrogen and oxygen atoms in total. The summed E-state index contributed by atoms with van der Waals surface area (Å²) < 4.78 is 9.79. The molecule has 0 aromatic heterocycles. The van der Waals surface area contributed by atoms with Crippen molar-refractivity contribution in [1.82, 2.24) is 5.06 Å². The van der Waals surface area contributed by atoms with Crippen molar-refractivity contribution in [3.05, 3.63) is 77.5 Å². The van der Waals surface area contributed by atoms with Crippen LogP contribution in [0, 0.1) is 0 Å². The van der Waals surface area contributed by atoms with E-state index in [0.717, 1.165) is 0 Å². The molecule has 0 spiro atoms. The standard InChI is InChI=1S/C20H21NO5/c1-21(19(22)15-9-5-4-6-10-15)26-13-16-11-7-8-12-17(16)18(14-24-2)20(23)25-3/h4-12,14H,13H2,1-3H3. The quantitative estimate of drug-likeness (QED) is 0.331. The molecule has 0 fully saturated rings. The first-order valence-electron chi connectivity index (χ1n) is 7.94. The Morgan fingerprint density at radius 2 is 1.65 bits per heavy atom. The largest absolute Gasteiger partial charge is 0.503 e. The molecule has 136 valence electrons. The summed E-state index contributed by atoms with van der Waals surface area (Å²) in [4.78, 5) is 29.9. The maximum atomic E-state index is 12.3. The van der Waals surface area contributed by atoms with Crippen LogP contribution >= 0.6 is 0 Å². The highest BCUT2D eigenvalue weighted by Crippen LogP contribution is 2.22. The molecule has 0 N–H and O–H groups in total. The SMILES string of the molecule is COC=C(C(=O)OC)c1ccccc1CON(C)C(=O)c1ccccc1. The third-order valence-corrected chi connectivity index (χ3v) is 3.67. The third-order valence-electron chi connectivity index (χ3n) is 3.67. The number of rotatable bonds is 7. The van der Waals surface area contributed by atoms with E-state index in [1.165, 1.54) is 25.5 Å². The molecule has 6 heteroatoms. The zero-order chi connectivity index (χ0) is 18.9. The molecule has 0 unspecified atom stereocenters. The van der Waals surface area contributed by atoms with Gasteiger partial charge in [-0.3, -0.25) is 9.63 Å². The molecule has 26 heavy (non-hydrogen) atoms. The second kappa shape index (κ2) is 9.39. The van der Waals surface area contributed by atoms with Gasteiger partial charge in [-0.25, -0.2) is 9.86 Å². The smallest absolute Gasteiger partial charge is 0.341 e. The highest BCUT2D eigenvalue weighted by molar-refractivity contribution is 6.16. The topological polar surface area (TPSA) is 65.1 Å². The van der Waals surface area contributed by atoms with E-state index in [1.807, 2.05) is 18.2 Å². The first-order chi connectivity index (χ1) is 12.6. The van der Waals surface area contributed by atoms with Crippen molar-refractivity contribution < 1.29 is 23.9 Å². The van der Waals surface area contributed by atoms with Crippen molar-refractivity contribution in [2.24, 2.45) is 0 Å². The van der Waals surface area contributed by atoms with Gasteiger partial charge < -0.3 is 9.47 Å². The van der Waals surface area contributed by atoms with Crippen molar-refractivity contribution in [3.63, 3.8) is 0 Å². The van der Waals surface area contributed by atoms with Crippen LogP contribution in [-0.2, 0) is 25.7 Å². The zero-order valence-corrected chi connectivity index (χ0v) is 15.0. The lowest BCUT2D eigenvalue weighted by Crippen LogP contribution is -2.27. The molecule has 0 bridgehead atoms. The van der Waals surface area contributed by atoms with Crippen LogP contribution in [0.1, 0.15) is 21.5 Å². The summed E-state index contributed by atoms with van der Waals surface area (Å²) in [5.74, 6) is -0.781. The summed E-state index contributed by atoms with van der Waals surface area (Å²) in [7, 11) is 4.30. The molecule has 0 aliphatic heterocycles. The number of hydrogen-bond acceptors (Lipinski definition) is 5. The molecule has 0 heterocycles. The van der Waals surface area contributed by atoms with Crippen LogP contribution in [0.2, 0.25) is 0 Å². The average Bonchev–Trinajstić information content (AvgIpc) is 2.70. The Labute approximate surface area is 152 Å². The van der Waals surface area contributed by atoms with Crippen LogP contribution in [0.25, 0.3) is 5.57 Å². The number of carbonyl (C=O) groups excluding carboxylic acids is 2. The van der Waals surface area contributed by atoms with E-state index in [4.69, 9.17) is 14.3 Å². The lowest BCUT2D eigenvalue weighted by Gasteiger charge is -2.18. The van der Waals surface area contributed by atoms with Crippen molar-refractivity contribution in [3.8, 4) is 0 Å². The van der Waals surface area contributed by atoms with E-state index in [1.54, 1.807) is 43.4 Å². The van der Waals surface area contributed by atoms with Gasteiger partial charge in [-0.05, 0) is 23.3 Å². The molecule has 0 saturated heterocycles. The van der Waals surface area contributed by atoms with Crippen LogP contribution in [0.4, 0.5) is 0 Å². The van der Waals surface area contributed by atoms with Gasteiger partial charge in [0, 0.05) is 12.6 Å². The summed E-state index contributed by atoms with van der Waals surface area (Å²) in [5.41, 5.74) is 2.12. The lowest BCUT2D eigenvalue weighted by molar-refractivity contribution is -0.133. The van der Waals surface area contributed by atoms with Crippen LogP contribution < -0.4 is 0 Å². The first-order valence-corrected chi connectivity index (χ1v) is 7.94. The van der Waals surface area contributed by atoms with Gasteiger partial charge in [0.05, 0.1) is 20.5 Å². The Hall–Kier alpha value is -3.12. The molecule has 0 saturated carbocycles. The maximum Gasteiger partial charge on any atom is 0.341 e. The second-order valence-electron chi connectivity index (χ2n) is 5.36. The predicted octanol–water partition coefficient (Wildman–Crippen LogP) is 3.05. The lowest BCUT2D eigenvalue weighted by atomic mass is 10.0. The van der Waals surface area contributed by atoms with E-state index in [2.05, 4.69) is 0 Å². The summed E-state index contributed by atoms with van der Waals surface area (Å²) >= 11 is 0. The van der Waals surface area contributed by atoms with Gasteiger partial charge in [-0.2, -0.15) is 0 Å². The van der Waals surface area contributed by atoms with Gasteiger partial charge in [-0.15, -0.1) is 0 Å². The van der Waals surface area contributed by atoms with E-state index >= 15 is 0 Å². The molecule has 2 aromatic rings. The fraction of sp³-hybridized carbons (Fsp3) is 0.200. The zero-order valence-electron chi connectivity index (χ0n) is 15.0. The predicted molar refractivity (Wildman–Crippen MR) is 96.8 cm³/mol. The minimum Gasteiger partial charge on any atom is -0.503 e. The van der Waals surface area contributed by atoms with Crippen LogP contribution in [-0.4, -0.2) is 38.2 Å². The molecule has 0 radical (unpaired) electrons. The molecular formula is C20H21NO5. The Kier molecular flexibility index (Phi) is 6.93. The van der Waals surface area contributed by atoms with E-state index in [9.17, 15) is 9.59 Å². The summed E-state index contributed by atoms with van der Waals surface area (Å²) in [6.07, 6.45) is 1.32. The average molecular weight is 355 g/mol. The minimum atomic E-state index is -0.520. The summed E-state index contributed by atoms with van der Waals surface area (Å²) in [6.45, 7) is 0.100. The fourth-order valence-corrected chi connectivity index (χ4v) is 2.35. The van der Waals surface area contributed by atoms with Gasteiger partial charge in [0.2, 0.25) is 0 Å². The summed E-state index contributed by atoms with van der Waals surface area (Å²) in [6, 6.07) is 16.0. The van der Waals surface area contributed by atoms with Gasteiger partial charge in [-0.1, -0.05) is 42.5 Å². The number of carbonyl (C=O) groups is 2. The van der Waals surface area contributed by atoms with E-state index in [0.29, 0.717) is 16.7 Å². The Morgan fingerprint density at radius 3 is 2.31 bits per heavy atom. The molecular weight excluding hydrogens is 334 g/mol. The third kappa shape index (κ3) is 4.70. The number of hydrogen-bond donors (Lipinski definition) is 0. The van der Waals surface area contributed by atoms with Crippen molar-refractivity contribution >= 4 is 17.4 Å². The fourth-order valence-electron chi connectivity index (χ4n) is 2.35. The highest BCUT2D eigenvalue weighted by Gasteiger charge is 2.18. The van der Waals surface area contributed by atoms with Crippen molar-refractivity contribution in [2.75, 3.05) is 21.3 Å². The molecule has 0 aliphatic rings. The number of ether oxygens (including phenoxy) is 2. The van der Waals surface area contributed by atoms with Crippen LogP contribution in [0.15, 0.2) is 60.9 Å². The highest BCUT2D eigenvalue weighted by atomic mass is 16.7. The van der Waals surface area contributed by atoms with Gasteiger partial charge in [0.1, 0.15) is 12.2 Å². The second-order valence-corrected chi connectivity index (χ2v) is 5.36. The number of esters is 1. The van der Waals surface area contributed by atoms with E-state index < -0.39 is 5.97 Å². The monoisotopic (exact) mass is 355 g/mol. The minimum absolute atomic E-state index is 0.100. The van der Waals surface area contributed by atoms with Gasteiger partial charge >= 0.3 is 5.97 Å².